The van der Waals surface area contributed by atoms with Crippen LogP contribution in [0.15, 0.2) is 42.5 Å². The van der Waals surface area contributed by atoms with Crippen LogP contribution in [0.1, 0.15) is 30.0 Å². The predicted molar refractivity (Wildman–Crippen MR) is 87.5 cm³/mol. The molecule has 3 rings (SSSR count). The molecule has 1 N–H and O–H groups in total. The Morgan fingerprint density at radius 1 is 1.05 bits per heavy atom. The summed E-state index contributed by atoms with van der Waals surface area (Å²) in [6.07, 6.45) is 2.71. The van der Waals surface area contributed by atoms with Crippen molar-refractivity contribution in [2.75, 3.05) is 7.05 Å². The largest absolute Gasteiger partial charge is 0.490 e. The minimum atomic E-state index is 0.0314. The predicted octanol–water partition coefficient (Wildman–Crippen LogP) is 4.84. The van der Waals surface area contributed by atoms with Crippen molar-refractivity contribution in [1.29, 1.82) is 0 Å². The van der Waals surface area contributed by atoms with Gasteiger partial charge in [0.2, 0.25) is 0 Å². The molecule has 0 spiro atoms. The van der Waals surface area contributed by atoms with Crippen molar-refractivity contribution < 1.29 is 4.74 Å². The molecule has 1 saturated carbocycles. The van der Waals surface area contributed by atoms with Gasteiger partial charge in [-0.05, 0) is 61.3 Å². The smallest absolute Gasteiger partial charge is 0.120 e. The van der Waals surface area contributed by atoms with Crippen LogP contribution >= 0.6 is 23.2 Å². The van der Waals surface area contributed by atoms with Crippen molar-refractivity contribution in [3.63, 3.8) is 0 Å². The molecule has 1 aliphatic carbocycles. The second-order valence-electron chi connectivity index (χ2n) is 5.31. The van der Waals surface area contributed by atoms with Crippen LogP contribution in [0.3, 0.4) is 0 Å². The topological polar surface area (TPSA) is 21.3 Å². The minimum absolute atomic E-state index is 0.0314. The lowest BCUT2D eigenvalue weighted by atomic mass is 9.98. The number of rotatable bonds is 5. The molecule has 0 bridgehead atoms. The van der Waals surface area contributed by atoms with Crippen LogP contribution in [0.25, 0.3) is 0 Å². The normalized spacial score (nSPS) is 15.8. The molecule has 2 aromatic rings. The fraction of sp³-hybridized carbons (Fsp3) is 0.294. The first-order chi connectivity index (χ1) is 10.2. The Hall–Kier alpha value is -1.22. The van der Waals surface area contributed by atoms with E-state index in [1.54, 1.807) is 6.07 Å². The van der Waals surface area contributed by atoms with Crippen LogP contribution < -0.4 is 10.1 Å². The number of halogens is 2. The monoisotopic (exact) mass is 321 g/mol. The number of nitrogens with one attached hydrogen (secondary N) is 1. The van der Waals surface area contributed by atoms with E-state index in [1.807, 2.05) is 31.3 Å². The van der Waals surface area contributed by atoms with Crippen molar-refractivity contribution in [3.8, 4) is 5.75 Å². The summed E-state index contributed by atoms with van der Waals surface area (Å²) in [6.45, 7) is 0. The summed E-state index contributed by atoms with van der Waals surface area (Å²) in [4.78, 5) is 0. The van der Waals surface area contributed by atoms with Crippen LogP contribution in [0, 0.1) is 0 Å². The van der Waals surface area contributed by atoms with Crippen LogP contribution in [0.2, 0.25) is 10.0 Å². The second kappa shape index (κ2) is 6.27. The van der Waals surface area contributed by atoms with Gasteiger partial charge >= 0.3 is 0 Å². The Kier molecular flexibility index (Phi) is 4.39. The van der Waals surface area contributed by atoms with Crippen molar-refractivity contribution >= 4 is 23.2 Å². The van der Waals surface area contributed by atoms with E-state index in [4.69, 9.17) is 27.9 Å². The molecule has 1 aliphatic rings. The molecule has 1 atom stereocenters. The molecule has 21 heavy (non-hydrogen) atoms. The van der Waals surface area contributed by atoms with Crippen molar-refractivity contribution in [1.82, 2.24) is 5.32 Å². The molecule has 1 fully saturated rings. The Morgan fingerprint density at radius 2 is 1.76 bits per heavy atom. The number of benzene rings is 2. The van der Waals surface area contributed by atoms with E-state index in [0.717, 1.165) is 29.7 Å². The van der Waals surface area contributed by atoms with Crippen LogP contribution in [0.4, 0.5) is 0 Å². The fourth-order valence-electron chi connectivity index (χ4n) is 2.41. The first-order valence-electron chi connectivity index (χ1n) is 7.05. The van der Waals surface area contributed by atoms with Gasteiger partial charge in [-0.15, -0.1) is 0 Å². The van der Waals surface area contributed by atoms with Gasteiger partial charge in [0.05, 0.1) is 12.1 Å². The van der Waals surface area contributed by atoms with Crippen LogP contribution in [0.5, 0.6) is 5.75 Å². The maximum Gasteiger partial charge on any atom is 0.120 e. The highest BCUT2D eigenvalue weighted by atomic mass is 35.5. The van der Waals surface area contributed by atoms with Gasteiger partial charge in [-0.2, -0.15) is 0 Å². The molecular formula is C17H17Cl2NO. The highest BCUT2D eigenvalue weighted by molar-refractivity contribution is 6.34. The molecule has 0 saturated heterocycles. The average Bonchev–Trinajstić information content (AvgIpc) is 3.23. The highest BCUT2D eigenvalue weighted by Gasteiger charge is 2.24. The van der Waals surface area contributed by atoms with E-state index < -0.39 is 0 Å². The Labute approximate surface area is 135 Å². The van der Waals surface area contributed by atoms with E-state index in [2.05, 4.69) is 17.4 Å². The summed E-state index contributed by atoms with van der Waals surface area (Å²) in [5.41, 5.74) is 2.17. The van der Waals surface area contributed by atoms with Gasteiger partial charge in [0.25, 0.3) is 0 Å². The molecular weight excluding hydrogens is 305 g/mol. The molecule has 0 aliphatic heterocycles. The van der Waals surface area contributed by atoms with E-state index >= 15 is 0 Å². The third-order valence-electron chi connectivity index (χ3n) is 3.53. The summed E-state index contributed by atoms with van der Waals surface area (Å²) >= 11 is 12.2. The third-order valence-corrected chi connectivity index (χ3v) is 3.96. The molecule has 0 amide bonds. The molecule has 2 nitrogen and oxygen atoms in total. The van der Waals surface area contributed by atoms with Gasteiger partial charge in [0.15, 0.2) is 0 Å². The summed E-state index contributed by atoms with van der Waals surface area (Å²) in [5, 5.41) is 4.60. The molecule has 0 heterocycles. The van der Waals surface area contributed by atoms with E-state index in [0.29, 0.717) is 16.1 Å². The molecule has 2 aromatic carbocycles. The van der Waals surface area contributed by atoms with E-state index in [9.17, 15) is 0 Å². The highest BCUT2D eigenvalue weighted by Crippen LogP contribution is 2.31. The van der Waals surface area contributed by atoms with Crippen molar-refractivity contribution in [3.05, 3.63) is 63.6 Å². The number of hydrogen-bond acceptors (Lipinski definition) is 2. The summed E-state index contributed by atoms with van der Waals surface area (Å²) in [5.74, 6) is 0.920. The summed E-state index contributed by atoms with van der Waals surface area (Å²) in [7, 11) is 1.92. The lowest BCUT2D eigenvalue weighted by molar-refractivity contribution is 0.302. The van der Waals surface area contributed by atoms with Gasteiger partial charge in [0.1, 0.15) is 5.75 Å². The van der Waals surface area contributed by atoms with E-state index in [-0.39, 0.29) is 6.04 Å². The maximum atomic E-state index is 6.11. The fourth-order valence-corrected chi connectivity index (χ4v) is 2.96. The van der Waals surface area contributed by atoms with Gasteiger partial charge in [-0.1, -0.05) is 35.3 Å². The lowest BCUT2D eigenvalue weighted by Crippen LogP contribution is -2.17. The molecule has 0 aromatic heterocycles. The first-order valence-corrected chi connectivity index (χ1v) is 7.81. The number of hydrogen-bond donors (Lipinski definition) is 1. The summed E-state index contributed by atoms with van der Waals surface area (Å²) in [6, 6.07) is 13.8. The lowest BCUT2D eigenvalue weighted by Gasteiger charge is -2.19. The average molecular weight is 322 g/mol. The van der Waals surface area contributed by atoms with Gasteiger partial charge in [-0.3, -0.25) is 0 Å². The standard InChI is InChI=1S/C17H17Cl2NO/c1-20-17(12-7-13(18)10-14(19)8-12)11-3-2-4-16(9-11)21-15-5-6-15/h2-4,7-10,15,17,20H,5-6H2,1H3. The van der Waals surface area contributed by atoms with Crippen molar-refractivity contribution in [2.45, 2.75) is 25.0 Å². The third kappa shape index (κ3) is 3.70. The van der Waals surface area contributed by atoms with Gasteiger partial charge in [-0.25, -0.2) is 0 Å². The first kappa shape index (κ1) is 14.7. The second-order valence-corrected chi connectivity index (χ2v) is 6.19. The minimum Gasteiger partial charge on any atom is -0.490 e. The maximum absolute atomic E-state index is 6.11. The summed E-state index contributed by atoms with van der Waals surface area (Å²) < 4.78 is 5.86. The molecule has 0 radical (unpaired) electrons. The zero-order valence-electron chi connectivity index (χ0n) is 11.8. The molecule has 1 unspecified atom stereocenters. The van der Waals surface area contributed by atoms with Crippen LogP contribution in [-0.4, -0.2) is 13.2 Å². The van der Waals surface area contributed by atoms with E-state index in [1.165, 1.54) is 0 Å². The Balaban J connectivity index is 1.91. The van der Waals surface area contributed by atoms with Gasteiger partial charge < -0.3 is 10.1 Å². The number of ether oxygens (including phenoxy) is 1. The van der Waals surface area contributed by atoms with Crippen LogP contribution in [-0.2, 0) is 0 Å². The quantitative estimate of drug-likeness (QED) is 0.850. The van der Waals surface area contributed by atoms with Crippen molar-refractivity contribution in [2.24, 2.45) is 0 Å². The molecule has 110 valence electrons. The SMILES string of the molecule is CNC(c1cc(Cl)cc(Cl)c1)c1cccc(OC2CC2)c1. The molecule has 4 heteroatoms. The Bertz CT molecular complexity index is 620. The zero-order chi connectivity index (χ0) is 14.8. The zero-order valence-corrected chi connectivity index (χ0v) is 13.3. The van der Waals surface area contributed by atoms with Gasteiger partial charge in [0, 0.05) is 10.0 Å². The Morgan fingerprint density at radius 3 is 2.38 bits per heavy atom.